The van der Waals surface area contributed by atoms with E-state index >= 15 is 0 Å². The average Bonchev–Trinajstić information content (AvgIpc) is 3.29. The highest BCUT2D eigenvalue weighted by Gasteiger charge is 2.33. The first-order chi connectivity index (χ1) is 11.1. The third-order valence-electron chi connectivity index (χ3n) is 3.91. The Bertz CT molecular complexity index is 986. The molecule has 0 saturated heterocycles. The second kappa shape index (κ2) is 4.89. The van der Waals surface area contributed by atoms with Gasteiger partial charge < -0.3 is 5.73 Å². The lowest BCUT2D eigenvalue weighted by Gasteiger charge is -2.10. The fourth-order valence-electron chi connectivity index (χ4n) is 2.70. The molecule has 0 bridgehead atoms. The number of halogens is 2. The first-order valence-electron chi connectivity index (χ1n) is 6.99. The highest BCUT2D eigenvalue weighted by Crippen LogP contribution is 2.45. The Morgan fingerprint density at radius 3 is 2.91 bits per heavy atom. The lowest BCUT2D eigenvalue weighted by Crippen LogP contribution is -2.06. The molecule has 23 heavy (non-hydrogen) atoms. The van der Waals surface area contributed by atoms with Crippen molar-refractivity contribution in [2.45, 2.75) is 18.8 Å². The zero-order chi connectivity index (χ0) is 16.1. The van der Waals surface area contributed by atoms with Crippen LogP contribution in [0.15, 0.2) is 12.3 Å². The molecule has 3 aromatic rings. The van der Waals surface area contributed by atoms with Crippen molar-refractivity contribution in [1.82, 2.24) is 20.2 Å². The number of nitrogen functional groups attached to an aromatic ring is 1. The van der Waals surface area contributed by atoms with Crippen molar-refractivity contribution in [2.75, 3.05) is 5.73 Å². The summed E-state index contributed by atoms with van der Waals surface area (Å²) in [5.74, 6) is -0.809. The molecule has 3 N–H and O–H groups in total. The largest absolute Gasteiger partial charge is 0.381 e. The van der Waals surface area contributed by atoms with Crippen LogP contribution in [0.5, 0.6) is 0 Å². The molecule has 8 heteroatoms. The highest BCUT2D eigenvalue weighted by molar-refractivity contribution is 6.31. The number of pyridine rings is 2. The van der Waals surface area contributed by atoms with Gasteiger partial charge in [0.05, 0.1) is 16.3 Å². The van der Waals surface area contributed by atoms with E-state index in [0.29, 0.717) is 27.3 Å². The van der Waals surface area contributed by atoms with Crippen LogP contribution in [0.2, 0.25) is 5.02 Å². The summed E-state index contributed by atoms with van der Waals surface area (Å²) in [5.41, 5.74) is 7.42. The molecule has 1 fully saturated rings. The Balaban J connectivity index is 2.05. The topological polar surface area (TPSA) is 104 Å². The van der Waals surface area contributed by atoms with Crippen molar-refractivity contribution in [1.29, 1.82) is 5.26 Å². The molecule has 0 unspecified atom stereocenters. The summed E-state index contributed by atoms with van der Waals surface area (Å²) in [6, 6.07) is 3.73. The first kappa shape index (κ1) is 13.9. The molecule has 3 aromatic heterocycles. The van der Waals surface area contributed by atoms with Crippen LogP contribution in [0.4, 0.5) is 10.2 Å². The maximum atomic E-state index is 14.3. The molecule has 0 amide bonds. The molecule has 0 aromatic carbocycles. The average molecular weight is 329 g/mol. The zero-order valence-electron chi connectivity index (χ0n) is 11.8. The predicted octanol–water partition coefficient (Wildman–Crippen LogP) is 3.14. The second-order valence-electron chi connectivity index (χ2n) is 5.46. The van der Waals surface area contributed by atoms with E-state index in [1.807, 2.05) is 0 Å². The van der Waals surface area contributed by atoms with Crippen LogP contribution in [0.3, 0.4) is 0 Å². The smallest absolute Gasteiger partial charge is 0.181 e. The number of H-pyrrole nitrogens is 1. The van der Waals surface area contributed by atoms with Gasteiger partial charge in [-0.15, -0.1) is 0 Å². The third kappa shape index (κ3) is 2.11. The van der Waals surface area contributed by atoms with Gasteiger partial charge >= 0.3 is 0 Å². The molecule has 0 atom stereocenters. The van der Waals surface area contributed by atoms with Crippen LogP contribution in [0.25, 0.3) is 22.4 Å². The van der Waals surface area contributed by atoms with Gasteiger partial charge in [-0.05, 0) is 24.8 Å². The standard InChI is InChI=1S/C15H10ClFN6/c16-7-3-8-13(22-23-15(8)20-5-7)12-9(4-18)10(6-1-2-6)11(17)14(19)21-12/h3,5-6H,1-2H2,(H2,19,21)(H,20,22,23). The van der Waals surface area contributed by atoms with Crippen LogP contribution in [0.1, 0.15) is 29.9 Å². The summed E-state index contributed by atoms with van der Waals surface area (Å²) in [5, 5.41) is 17.5. The Morgan fingerprint density at radius 1 is 1.43 bits per heavy atom. The summed E-state index contributed by atoms with van der Waals surface area (Å²) >= 11 is 5.98. The fraction of sp³-hybridized carbons (Fsp3) is 0.200. The van der Waals surface area contributed by atoms with Crippen LogP contribution in [-0.2, 0) is 0 Å². The molecule has 1 aliphatic carbocycles. The number of nitrogens with two attached hydrogens (primary N) is 1. The number of hydrogen-bond acceptors (Lipinski definition) is 5. The summed E-state index contributed by atoms with van der Waals surface area (Å²) in [6.45, 7) is 0. The van der Waals surface area contributed by atoms with Gasteiger partial charge in [-0.1, -0.05) is 11.6 Å². The van der Waals surface area contributed by atoms with E-state index in [0.717, 1.165) is 12.8 Å². The van der Waals surface area contributed by atoms with E-state index in [1.54, 1.807) is 6.07 Å². The molecule has 3 heterocycles. The number of aromatic amines is 1. The van der Waals surface area contributed by atoms with Gasteiger partial charge in [-0.25, -0.2) is 14.4 Å². The van der Waals surface area contributed by atoms with Crippen LogP contribution in [-0.4, -0.2) is 20.2 Å². The number of anilines is 1. The lowest BCUT2D eigenvalue weighted by molar-refractivity contribution is 0.609. The van der Waals surface area contributed by atoms with Gasteiger partial charge in [0.25, 0.3) is 0 Å². The Hall–Kier alpha value is -2.72. The molecule has 0 radical (unpaired) electrons. The van der Waals surface area contributed by atoms with E-state index in [-0.39, 0.29) is 23.0 Å². The SMILES string of the molecule is N#Cc1c(-c2[nH]nc3ncc(Cl)cc23)nc(N)c(F)c1C1CC1. The van der Waals surface area contributed by atoms with Crippen molar-refractivity contribution in [3.8, 4) is 17.5 Å². The number of rotatable bonds is 2. The molecule has 0 aliphatic heterocycles. The molecule has 1 saturated carbocycles. The minimum Gasteiger partial charge on any atom is -0.381 e. The lowest BCUT2D eigenvalue weighted by atomic mass is 9.99. The van der Waals surface area contributed by atoms with Crippen molar-refractivity contribution >= 4 is 28.5 Å². The molecule has 4 rings (SSSR count). The number of hydrogen-bond donors (Lipinski definition) is 2. The van der Waals surface area contributed by atoms with Crippen molar-refractivity contribution in [2.24, 2.45) is 0 Å². The molecule has 1 aliphatic rings. The first-order valence-corrected chi connectivity index (χ1v) is 7.37. The Kier molecular flexibility index (Phi) is 2.96. The summed E-state index contributed by atoms with van der Waals surface area (Å²) < 4.78 is 14.3. The maximum Gasteiger partial charge on any atom is 0.181 e. The van der Waals surface area contributed by atoms with E-state index in [2.05, 4.69) is 26.2 Å². The maximum absolute atomic E-state index is 14.3. The van der Waals surface area contributed by atoms with E-state index in [4.69, 9.17) is 17.3 Å². The summed E-state index contributed by atoms with van der Waals surface area (Å²) in [4.78, 5) is 8.18. The molecular weight excluding hydrogens is 319 g/mol. The van der Waals surface area contributed by atoms with E-state index in [9.17, 15) is 9.65 Å². The third-order valence-corrected chi connectivity index (χ3v) is 4.12. The minimum atomic E-state index is -0.604. The molecule has 6 nitrogen and oxygen atoms in total. The Labute approximate surface area is 135 Å². The number of nitriles is 1. The van der Waals surface area contributed by atoms with E-state index in [1.165, 1.54) is 6.20 Å². The summed E-state index contributed by atoms with van der Waals surface area (Å²) in [6.07, 6.45) is 3.15. The normalized spacial score (nSPS) is 14.1. The predicted molar refractivity (Wildman–Crippen MR) is 83.2 cm³/mol. The quantitative estimate of drug-likeness (QED) is 0.752. The monoisotopic (exact) mass is 328 g/mol. The van der Waals surface area contributed by atoms with Crippen LogP contribution < -0.4 is 5.73 Å². The molecule has 0 spiro atoms. The van der Waals surface area contributed by atoms with Crippen molar-refractivity contribution < 1.29 is 4.39 Å². The van der Waals surface area contributed by atoms with Crippen LogP contribution in [0, 0.1) is 17.1 Å². The van der Waals surface area contributed by atoms with Crippen molar-refractivity contribution in [3.05, 3.63) is 34.2 Å². The van der Waals surface area contributed by atoms with Gasteiger partial charge in [0.15, 0.2) is 17.3 Å². The fourth-order valence-corrected chi connectivity index (χ4v) is 2.86. The second-order valence-corrected chi connectivity index (χ2v) is 5.89. The van der Waals surface area contributed by atoms with Gasteiger partial charge in [0.1, 0.15) is 11.8 Å². The summed E-state index contributed by atoms with van der Waals surface area (Å²) in [7, 11) is 0. The molecule has 114 valence electrons. The number of fused-ring (bicyclic) bond motifs is 1. The Morgan fingerprint density at radius 2 is 2.22 bits per heavy atom. The zero-order valence-corrected chi connectivity index (χ0v) is 12.5. The number of nitrogens with one attached hydrogen (secondary N) is 1. The van der Waals surface area contributed by atoms with Gasteiger partial charge in [-0.2, -0.15) is 10.4 Å². The van der Waals surface area contributed by atoms with Crippen molar-refractivity contribution in [3.63, 3.8) is 0 Å². The minimum absolute atomic E-state index is 0.0181. The van der Waals surface area contributed by atoms with Crippen LogP contribution >= 0.6 is 11.6 Å². The number of aromatic nitrogens is 4. The van der Waals surface area contributed by atoms with Gasteiger partial charge in [-0.3, -0.25) is 5.10 Å². The van der Waals surface area contributed by atoms with Gasteiger partial charge in [0, 0.05) is 17.1 Å². The molecular formula is C15H10ClFN6. The van der Waals surface area contributed by atoms with Gasteiger partial charge in [0.2, 0.25) is 0 Å². The van der Waals surface area contributed by atoms with E-state index < -0.39 is 5.82 Å². The highest BCUT2D eigenvalue weighted by atomic mass is 35.5. The number of nitrogens with zero attached hydrogens (tertiary/aromatic N) is 4.